The molecule has 2 aromatic heterocycles. The number of hydrogen-bond acceptors (Lipinski definition) is 4. The first-order valence-electron chi connectivity index (χ1n) is 9.77. The Bertz CT molecular complexity index is 1380. The Kier molecular flexibility index (Phi) is 4.54. The van der Waals surface area contributed by atoms with E-state index in [2.05, 4.69) is 15.4 Å². The molecule has 2 aromatic carbocycles. The monoisotopic (exact) mass is 436 g/mol. The maximum Gasteiger partial charge on any atom is 0.417 e. The van der Waals surface area contributed by atoms with Gasteiger partial charge in [-0.05, 0) is 29.3 Å². The summed E-state index contributed by atoms with van der Waals surface area (Å²) in [5.41, 5.74) is 1.12. The summed E-state index contributed by atoms with van der Waals surface area (Å²) in [4.78, 5) is 29.1. The van der Waals surface area contributed by atoms with Gasteiger partial charge < -0.3 is 0 Å². The van der Waals surface area contributed by atoms with Crippen molar-refractivity contribution in [3.63, 3.8) is 0 Å². The number of benzene rings is 2. The zero-order valence-corrected chi connectivity index (χ0v) is 16.4. The van der Waals surface area contributed by atoms with Crippen LogP contribution in [0.2, 0.25) is 0 Å². The van der Waals surface area contributed by atoms with Crippen LogP contribution in [0.4, 0.5) is 19.1 Å². The number of rotatable bonds is 3. The summed E-state index contributed by atoms with van der Waals surface area (Å²) in [5, 5.41) is 6.80. The highest BCUT2D eigenvalue weighted by Crippen LogP contribution is 2.37. The number of anilines is 1. The molecule has 0 saturated carbocycles. The minimum Gasteiger partial charge on any atom is -0.294 e. The van der Waals surface area contributed by atoms with E-state index in [1.807, 2.05) is 0 Å². The Hall–Kier alpha value is -4.01. The van der Waals surface area contributed by atoms with Crippen LogP contribution in [0.3, 0.4) is 0 Å². The molecule has 1 aliphatic carbocycles. The van der Waals surface area contributed by atoms with Crippen molar-refractivity contribution in [1.29, 1.82) is 0 Å². The predicted octanol–water partition coefficient (Wildman–Crippen LogP) is 4.72. The summed E-state index contributed by atoms with van der Waals surface area (Å²) >= 11 is 0. The molecule has 0 radical (unpaired) electrons. The van der Waals surface area contributed by atoms with E-state index in [0.29, 0.717) is 22.3 Å². The normalized spacial score (nSPS) is 15.7. The highest BCUT2D eigenvalue weighted by atomic mass is 19.4. The van der Waals surface area contributed by atoms with Crippen LogP contribution in [0.15, 0.2) is 66.9 Å². The minimum absolute atomic E-state index is 0.00749. The second-order valence-corrected chi connectivity index (χ2v) is 7.46. The predicted molar refractivity (Wildman–Crippen MR) is 110 cm³/mol. The zero-order chi connectivity index (χ0) is 22.5. The zero-order valence-electron chi connectivity index (χ0n) is 16.4. The van der Waals surface area contributed by atoms with Gasteiger partial charge in [0.15, 0.2) is 11.4 Å². The third-order valence-corrected chi connectivity index (χ3v) is 5.45. The molecule has 9 heteroatoms. The molecule has 4 aromatic rings. The van der Waals surface area contributed by atoms with E-state index < -0.39 is 23.6 Å². The molecule has 1 atom stereocenters. The number of ketones is 1. The van der Waals surface area contributed by atoms with Crippen molar-refractivity contribution in [2.75, 3.05) is 5.32 Å². The summed E-state index contributed by atoms with van der Waals surface area (Å²) in [6, 6.07) is 15.3. The summed E-state index contributed by atoms with van der Waals surface area (Å²) in [5.74, 6) is -1.15. The number of pyridine rings is 1. The standard InChI is InChI=1S/C23H15F3N4O2/c24-23(25,26)18-8-4-3-5-14(18)13-9-10-20-27-22(29-30(20)12-13)28-21(32)17-11-19(31)16-7-2-1-6-15(16)17/h1-10,12,17H,11H2,(H,28,29,32)/t17-/m0/s1. The van der Waals surface area contributed by atoms with Gasteiger partial charge in [0, 0.05) is 23.7 Å². The number of aromatic nitrogens is 3. The third kappa shape index (κ3) is 3.41. The van der Waals surface area contributed by atoms with E-state index in [-0.39, 0.29) is 23.7 Å². The van der Waals surface area contributed by atoms with E-state index in [1.54, 1.807) is 24.3 Å². The van der Waals surface area contributed by atoms with Gasteiger partial charge in [0.05, 0.1) is 11.5 Å². The van der Waals surface area contributed by atoms with E-state index in [1.165, 1.54) is 41.0 Å². The van der Waals surface area contributed by atoms with Crippen molar-refractivity contribution < 1.29 is 22.8 Å². The van der Waals surface area contributed by atoms with E-state index in [4.69, 9.17) is 0 Å². The highest BCUT2D eigenvalue weighted by molar-refractivity contribution is 6.09. The van der Waals surface area contributed by atoms with Crippen LogP contribution in [-0.4, -0.2) is 26.3 Å². The molecule has 0 aliphatic heterocycles. The van der Waals surface area contributed by atoms with Crippen molar-refractivity contribution in [1.82, 2.24) is 14.6 Å². The molecule has 0 unspecified atom stereocenters. The van der Waals surface area contributed by atoms with Gasteiger partial charge >= 0.3 is 6.18 Å². The summed E-state index contributed by atoms with van der Waals surface area (Å²) in [7, 11) is 0. The molecule has 0 spiro atoms. The first-order valence-corrected chi connectivity index (χ1v) is 9.77. The molecule has 0 bridgehead atoms. The van der Waals surface area contributed by atoms with Crippen molar-refractivity contribution in [3.05, 3.63) is 83.6 Å². The molecule has 2 heterocycles. The fraction of sp³-hybridized carbons (Fsp3) is 0.130. The molecule has 160 valence electrons. The number of nitrogens with one attached hydrogen (secondary N) is 1. The lowest BCUT2D eigenvalue weighted by Crippen LogP contribution is -2.20. The van der Waals surface area contributed by atoms with E-state index >= 15 is 0 Å². The number of Topliss-reactive ketones (excluding diaryl/α,β-unsaturated/α-hetero) is 1. The lowest BCUT2D eigenvalue weighted by atomic mass is 10.0. The quantitative estimate of drug-likeness (QED) is 0.504. The van der Waals surface area contributed by atoms with Crippen LogP contribution in [0.5, 0.6) is 0 Å². The van der Waals surface area contributed by atoms with Gasteiger partial charge in [-0.3, -0.25) is 14.9 Å². The number of amides is 1. The van der Waals surface area contributed by atoms with Crippen LogP contribution in [0, 0.1) is 0 Å². The molecule has 0 fully saturated rings. The smallest absolute Gasteiger partial charge is 0.294 e. The van der Waals surface area contributed by atoms with Crippen LogP contribution in [-0.2, 0) is 11.0 Å². The average Bonchev–Trinajstić information content (AvgIpc) is 3.33. The Morgan fingerprint density at radius 2 is 1.72 bits per heavy atom. The lowest BCUT2D eigenvalue weighted by Gasteiger charge is -2.12. The fourth-order valence-electron chi connectivity index (χ4n) is 3.97. The number of nitrogens with zero attached hydrogens (tertiary/aromatic N) is 3. The molecular formula is C23H15F3N4O2. The Labute approximate surface area is 179 Å². The topological polar surface area (TPSA) is 76.4 Å². The van der Waals surface area contributed by atoms with Gasteiger partial charge in [-0.1, -0.05) is 42.5 Å². The Morgan fingerprint density at radius 3 is 2.50 bits per heavy atom. The number of halogens is 3. The third-order valence-electron chi connectivity index (χ3n) is 5.45. The molecular weight excluding hydrogens is 421 g/mol. The SMILES string of the molecule is O=C1C[C@H](C(=O)Nc2nc3ccc(-c4ccccc4C(F)(F)F)cn3n2)c2ccccc21. The number of carbonyl (C=O) groups excluding carboxylic acids is 2. The van der Waals surface area contributed by atoms with Crippen LogP contribution in [0.25, 0.3) is 16.8 Å². The maximum atomic E-state index is 13.4. The van der Waals surface area contributed by atoms with E-state index in [0.717, 1.165) is 6.07 Å². The second kappa shape index (κ2) is 7.30. The summed E-state index contributed by atoms with van der Waals surface area (Å²) < 4.78 is 41.4. The largest absolute Gasteiger partial charge is 0.417 e. The van der Waals surface area contributed by atoms with Crippen molar-refractivity contribution >= 4 is 23.3 Å². The molecule has 6 nitrogen and oxygen atoms in total. The number of hydrogen-bond donors (Lipinski definition) is 1. The number of alkyl halides is 3. The first-order chi connectivity index (χ1) is 15.3. The molecule has 32 heavy (non-hydrogen) atoms. The van der Waals surface area contributed by atoms with Crippen LogP contribution < -0.4 is 5.32 Å². The molecule has 1 N–H and O–H groups in total. The van der Waals surface area contributed by atoms with Gasteiger partial charge in [-0.2, -0.15) is 18.2 Å². The average molecular weight is 436 g/mol. The molecule has 1 aliphatic rings. The number of carbonyl (C=O) groups is 2. The van der Waals surface area contributed by atoms with E-state index in [9.17, 15) is 22.8 Å². The van der Waals surface area contributed by atoms with Crippen molar-refractivity contribution in [2.45, 2.75) is 18.5 Å². The van der Waals surface area contributed by atoms with Crippen molar-refractivity contribution in [3.8, 4) is 11.1 Å². The summed E-state index contributed by atoms with van der Waals surface area (Å²) in [6.45, 7) is 0. The molecule has 1 amide bonds. The summed E-state index contributed by atoms with van der Waals surface area (Å²) in [6.07, 6.45) is -3.00. The van der Waals surface area contributed by atoms with Gasteiger partial charge in [0.2, 0.25) is 11.9 Å². The molecule has 0 saturated heterocycles. The van der Waals surface area contributed by atoms with Gasteiger partial charge in [-0.15, -0.1) is 5.10 Å². The highest BCUT2D eigenvalue weighted by Gasteiger charge is 2.35. The Morgan fingerprint density at radius 1 is 1.00 bits per heavy atom. The first kappa shape index (κ1) is 19.9. The van der Waals surface area contributed by atoms with Gasteiger partial charge in [-0.25, -0.2) is 4.52 Å². The van der Waals surface area contributed by atoms with Crippen LogP contribution in [0.1, 0.15) is 33.8 Å². The fourth-order valence-corrected chi connectivity index (χ4v) is 3.97. The maximum absolute atomic E-state index is 13.4. The van der Waals surface area contributed by atoms with Gasteiger partial charge in [0.25, 0.3) is 0 Å². The number of fused-ring (bicyclic) bond motifs is 2. The molecule has 5 rings (SSSR count). The Balaban J connectivity index is 1.44. The van der Waals surface area contributed by atoms with Crippen molar-refractivity contribution in [2.24, 2.45) is 0 Å². The van der Waals surface area contributed by atoms with Crippen LogP contribution >= 0.6 is 0 Å². The lowest BCUT2D eigenvalue weighted by molar-refractivity contribution is -0.137. The minimum atomic E-state index is -4.50. The second-order valence-electron chi connectivity index (χ2n) is 7.46. The van der Waals surface area contributed by atoms with Gasteiger partial charge in [0.1, 0.15) is 0 Å².